The molecule has 1 unspecified atom stereocenters. The third-order valence-electron chi connectivity index (χ3n) is 3.04. The summed E-state index contributed by atoms with van der Waals surface area (Å²) in [6.45, 7) is 5.43. The number of benzene rings is 1. The summed E-state index contributed by atoms with van der Waals surface area (Å²) in [5, 5.41) is 9.70. The molecule has 0 heterocycles. The van der Waals surface area contributed by atoms with Gasteiger partial charge < -0.3 is 14.4 Å². The fourth-order valence-electron chi connectivity index (χ4n) is 1.78. The van der Waals surface area contributed by atoms with Crippen molar-refractivity contribution in [2.75, 3.05) is 20.2 Å². The van der Waals surface area contributed by atoms with Crippen LogP contribution >= 0.6 is 0 Å². The van der Waals surface area contributed by atoms with Gasteiger partial charge in [0, 0.05) is 13.6 Å². The second-order valence-corrected chi connectivity index (χ2v) is 6.39. The van der Waals surface area contributed by atoms with Crippen LogP contribution in [0.4, 0.5) is 0 Å². The van der Waals surface area contributed by atoms with E-state index in [1.165, 1.54) is 0 Å². The Morgan fingerprint density at radius 2 is 1.90 bits per heavy atom. The zero-order valence-corrected chi connectivity index (χ0v) is 17.0. The van der Waals surface area contributed by atoms with Gasteiger partial charge in [0.2, 0.25) is 0 Å². The van der Waals surface area contributed by atoms with E-state index in [0.717, 1.165) is 23.7 Å². The van der Waals surface area contributed by atoms with Crippen LogP contribution < -0.4 is 56.1 Å². The van der Waals surface area contributed by atoms with Crippen molar-refractivity contribution >= 4 is 10.3 Å². The van der Waals surface area contributed by atoms with Gasteiger partial charge in [-0.25, -0.2) is 12.7 Å². The first-order chi connectivity index (χ1) is 9.11. The monoisotopic (exact) mass is 341 g/mol. The van der Waals surface area contributed by atoms with Gasteiger partial charge in [-0.1, -0.05) is 6.07 Å². The van der Waals surface area contributed by atoms with Gasteiger partial charge in [0.15, 0.2) is 10.3 Å². The van der Waals surface area contributed by atoms with Crippen molar-refractivity contribution in [3.05, 3.63) is 28.8 Å². The Morgan fingerprint density at radius 3 is 2.43 bits per heavy atom. The van der Waals surface area contributed by atoms with Crippen LogP contribution in [0, 0.1) is 20.8 Å². The summed E-state index contributed by atoms with van der Waals surface area (Å²) in [7, 11) is -3.42. The molecule has 114 valence electrons. The van der Waals surface area contributed by atoms with Crippen molar-refractivity contribution in [3.63, 3.8) is 0 Å². The van der Waals surface area contributed by atoms with Crippen LogP contribution in [0.5, 0.6) is 5.75 Å². The van der Waals surface area contributed by atoms with Gasteiger partial charge in [0.05, 0.1) is 0 Å². The molecule has 1 rings (SSSR count). The predicted molar refractivity (Wildman–Crippen MR) is 74.5 cm³/mol. The average Bonchev–Trinajstić information content (AvgIpc) is 2.30. The van der Waals surface area contributed by atoms with Crippen LogP contribution in [0.25, 0.3) is 0 Å². The van der Waals surface area contributed by atoms with Crippen LogP contribution in [-0.2, 0) is 10.3 Å². The first-order valence-electron chi connectivity index (χ1n) is 6.17. The summed E-state index contributed by atoms with van der Waals surface area (Å²) < 4.78 is 38.2. The van der Waals surface area contributed by atoms with Crippen LogP contribution in [0.3, 0.4) is 0 Å². The molecule has 0 bridgehead atoms. The van der Waals surface area contributed by atoms with E-state index < -0.39 is 16.4 Å². The van der Waals surface area contributed by atoms with E-state index in [-0.39, 0.29) is 64.5 Å². The molecule has 0 fully saturated rings. The summed E-state index contributed by atoms with van der Waals surface area (Å²) >= 11 is 0. The van der Waals surface area contributed by atoms with Crippen LogP contribution in [0.2, 0.25) is 0 Å². The fraction of sp³-hybridized carbons (Fsp3) is 0.538. The maximum atomic E-state index is 10.7. The van der Waals surface area contributed by atoms with Gasteiger partial charge in [0.1, 0.15) is 18.5 Å². The van der Waals surface area contributed by atoms with Crippen LogP contribution in [0.1, 0.15) is 16.7 Å². The number of aliphatic hydroxyl groups is 1. The average molecular weight is 341 g/mol. The number of aliphatic hydroxyl groups excluding tert-OH is 1. The molecule has 8 heteroatoms. The second kappa shape index (κ2) is 8.95. The normalized spacial score (nSPS) is 12.9. The summed E-state index contributed by atoms with van der Waals surface area (Å²) in [4.78, 5) is 0. The van der Waals surface area contributed by atoms with Gasteiger partial charge in [-0.05, 0) is 43.5 Å². The molecule has 0 aliphatic heterocycles. The van der Waals surface area contributed by atoms with Crippen LogP contribution in [-0.4, -0.2) is 48.7 Å². The van der Waals surface area contributed by atoms with Gasteiger partial charge in [-0.15, -0.1) is 0 Å². The number of nitrogens with zero attached hydrogens (tertiary/aromatic N) is 1. The minimum absolute atomic E-state index is 0. The Hall–Kier alpha value is 0.486. The number of likely N-dealkylation sites (N-methyl/N-ethyl adjacent to an activating group) is 1. The van der Waals surface area contributed by atoms with Gasteiger partial charge >= 0.3 is 51.4 Å². The Balaban J connectivity index is 0.00000400. The van der Waals surface area contributed by atoms with Crippen molar-refractivity contribution in [2.45, 2.75) is 26.9 Å². The molecule has 0 spiro atoms. The Bertz CT molecular complexity index is 576. The number of hydrogen-bond donors (Lipinski definition) is 1. The van der Waals surface area contributed by atoms with E-state index in [1.807, 2.05) is 32.9 Å². The smallest absolute Gasteiger partial charge is 0.735 e. The van der Waals surface area contributed by atoms with E-state index in [1.54, 1.807) is 0 Å². The standard InChI is InChI=1S/C13H21NO5S.K/c1-9-5-10(2)11(3)13(6-9)19-8-12(15)7-14(4)20(16,17)18;/h5-6,12,15H,7-8H2,1-4H3,(H,16,17,18);/q;+1/p-1. The van der Waals surface area contributed by atoms with E-state index >= 15 is 0 Å². The second-order valence-electron chi connectivity index (χ2n) is 4.91. The maximum absolute atomic E-state index is 10.7. The molecule has 21 heavy (non-hydrogen) atoms. The molecule has 0 saturated carbocycles. The van der Waals surface area contributed by atoms with Crippen molar-refractivity contribution in [3.8, 4) is 5.75 Å². The molecule has 0 aromatic heterocycles. The van der Waals surface area contributed by atoms with Gasteiger partial charge in [-0.3, -0.25) is 0 Å². The minimum atomic E-state index is -4.53. The molecule has 1 aromatic carbocycles. The summed E-state index contributed by atoms with van der Waals surface area (Å²) in [6, 6.07) is 3.87. The molecule has 0 aliphatic carbocycles. The molecule has 6 nitrogen and oxygen atoms in total. The molecule has 0 saturated heterocycles. The summed E-state index contributed by atoms with van der Waals surface area (Å²) in [5.41, 5.74) is 3.08. The van der Waals surface area contributed by atoms with E-state index in [4.69, 9.17) is 4.74 Å². The van der Waals surface area contributed by atoms with E-state index in [0.29, 0.717) is 10.1 Å². The zero-order chi connectivity index (χ0) is 15.5. The SMILES string of the molecule is Cc1cc(C)c(C)c(OCC(O)CN(C)S(=O)(=O)[O-])c1.[K+]. The first-order valence-corrected chi connectivity index (χ1v) is 7.53. The topological polar surface area (TPSA) is 89.9 Å². The molecular formula is C13H20KNO5S. The van der Waals surface area contributed by atoms with Crippen molar-refractivity contribution in [1.82, 2.24) is 4.31 Å². The van der Waals surface area contributed by atoms with Crippen molar-refractivity contribution in [1.29, 1.82) is 0 Å². The van der Waals surface area contributed by atoms with E-state index in [9.17, 15) is 18.1 Å². The summed E-state index contributed by atoms with van der Waals surface area (Å²) in [6.07, 6.45) is -1.07. The first kappa shape index (κ1) is 21.5. The predicted octanol–water partition coefficient (Wildman–Crippen LogP) is -2.25. The Kier molecular flexibility index (Phi) is 9.15. The Morgan fingerprint density at radius 1 is 1.33 bits per heavy atom. The molecular weight excluding hydrogens is 321 g/mol. The molecule has 1 aromatic rings. The molecule has 1 atom stereocenters. The third-order valence-corrected chi connectivity index (χ3v) is 3.96. The third kappa shape index (κ3) is 7.06. The minimum Gasteiger partial charge on any atom is -0.735 e. The molecule has 1 N–H and O–H groups in total. The number of ether oxygens (including phenoxy) is 1. The quantitative estimate of drug-likeness (QED) is 0.466. The zero-order valence-electron chi connectivity index (χ0n) is 13.1. The molecule has 0 radical (unpaired) electrons. The number of aryl methyl sites for hydroxylation is 2. The Labute approximate surface area is 168 Å². The molecule has 0 amide bonds. The molecule has 0 aliphatic rings. The largest absolute Gasteiger partial charge is 1.00 e. The number of hydrogen-bond acceptors (Lipinski definition) is 5. The van der Waals surface area contributed by atoms with Gasteiger partial charge in [0.25, 0.3) is 0 Å². The van der Waals surface area contributed by atoms with Crippen molar-refractivity contribution < 1.29 is 74.2 Å². The van der Waals surface area contributed by atoms with Crippen LogP contribution in [0.15, 0.2) is 12.1 Å². The fourth-order valence-corrected chi connectivity index (χ4v) is 2.13. The van der Waals surface area contributed by atoms with E-state index in [2.05, 4.69) is 0 Å². The number of rotatable bonds is 6. The maximum Gasteiger partial charge on any atom is 1.00 e. The summed E-state index contributed by atoms with van der Waals surface area (Å²) in [5.74, 6) is 0.647. The van der Waals surface area contributed by atoms with Gasteiger partial charge in [-0.2, -0.15) is 0 Å². The van der Waals surface area contributed by atoms with Crippen molar-refractivity contribution in [2.24, 2.45) is 0 Å².